The van der Waals surface area contributed by atoms with Crippen molar-refractivity contribution >= 4 is 34.3 Å². The number of imidazole rings is 1. The Kier molecular flexibility index (Phi) is 5.03. The van der Waals surface area contributed by atoms with Crippen LogP contribution in [0.5, 0.6) is 0 Å². The van der Waals surface area contributed by atoms with Gasteiger partial charge in [-0.15, -0.1) is 0 Å². The fraction of sp³-hybridized carbons (Fsp3) is 0.310. The number of aromatic nitrogens is 2. The summed E-state index contributed by atoms with van der Waals surface area (Å²) in [5.41, 5.74) is 4.26. The minimum Gasteiger partial charge on any atom is -0.465 e. The van der Waals surface area contributed by atoms with Crippen molar-refractivity contribution in [3.8, 4) is 5.69 Å². The third-order valence-electron chi connectivity index (χ3n) is 8.11. The first-order valence-corrected chi connectivity index (χ1v) is 13.0. The van der Waals surface area contributed by atoms with Gasteiger partial charge in [0.15, 0.2) is 0 Å². The Morgan fingerprint density at radius 1 is 1.03 bits per heavy atom. The molecular formula is C29H26ClN3O4. The first-order valence-electron chi connectivity index (χ1n) is 12.6. The van der Waals surface area contributed by atoms with Crippen molar-refractivity contribution in [1.29, 1.82) is 0 Å². The topological polar surface area (TPSA) is 65.7 Å². The van der Waals surface area contributed by atoms with Crippen LogP contribution in [0, 0.1) is 0 Å². The second kappa shape index (κ2) is 8.23. The SMILES string of the molecule is COC(=O)c1cccc(C2(n3c(=O)n(-c4ccc(N5CC6CC5CO6)cc4)c4cc(Cl)ccc43)CC2)c1. The highest BCUT2D eigenvalue weighted by Gasteiger charge is 2.49. The van der Waals surface area contributed by atoms with Gasteiger partial charge in [-0.3, -0.25) is 9.13 Å². The van der Waals surface area contributed by atoms with Crippen LogP contribution in [0.2, 0.25) is 5.02 Å². The summed E-state index contributed by atoms with van der Waals surface area (Å²) in [4.78, 5) is 28.7. The van der Waals surface area contributed by atoms with E-state index in [-0.39, 0.29) is 5.69 Å². The van der Waals surface area contributed by atoms with E-state index in [4.69, 9.17) is 21.1 Å². The molecule has 7 rings (SSSR count). The number of anilines is 1. The zero-order valence-corrected chi connectivity index (χ0v) is 21.1. The molecule has 3 aromatic carbocycles. The Labute approximate surface area is 218 Å². The normalized spacial score (nSPS) is 21.5. The van der Waals surface area contributed by atoms with Crippen molar-refractivity contribution in [3.63, 3.8) is 0 Å². The number of hydrogen-bond donors (Lipinski definition) is 0. The van der Waals surface area contributed by atoms with Gasteiger partial charge in [-0.1, -0.05) is 23.7 Å². The van der Waals surface area contributed by atoms with Gasteiger partial charge in [0.2, 0.25) is 0 Å². The van der Waals surface area contributed by atoms with Crippen LogP contribution in [0.1, 0.15) is 35.2 Å². The van der Waals surface area contributed by atoms with Crippen LogP contribution in [0.25, 0.3) is 16.7 Å². The molecule has 1 aliphatic carbocycles. The molecule has 1 saturated carbocycles. The first kappa shape index (κ1) is 22.6. The number of carbonyl (C=O) groups excluding carboxylic acids is 1. The number of esters is 1. The zero-order valence-electron chi connectivity index (χ0n) is 20.4. The van der Waals surface area contributed by atoms with Crippen molar-refractivity contribution in [1.82, 2.24) is 9.13 Å². The lowest BCUT2D eigenvalue weighted by atomic mass is 10.0. The van der Waals surface area contributed by atoms with E-state index in [1.807, 2.05) is 53.1 Å². The lowest BCUT2D eigenvalue weighted by Gasteiger charge is -2.29. The molecule has 8 heteroatoms. The Morgan fingerprint density at radius 3 is 2.49 bits per heavy atom. The van der Waals surface area contributed by atoms with E-state index in [0.717, 1.165) is 60.4 Å². The number of hydrogen-bond acceptors (Lipinski definition) is 5. The molecule has 2 atom stereocenters. The molecule has 2 aliphatic heterocycles. The maximum absolute atomic E-state index is 14.1. The van der Waals surface area contributed by atoms with E-state index in [9.17, 15) is 9.59 Å². The molecule has 2 unspecified atom stereocenters. The Hall–Kier alpha value is -3.55. The summed E-state index contributed by atoms with van der Waals surface area (Å²) >= 11 is 6.41. The lowest BCUT2D eigenvalue weighted by Crippen LogP contribution is -2.36. The van der Waals surface area contributed by atoms with Gasteiger partial charge in [0, 0.05) is 17.3 Å². The minimum absolute atomic E-state index is 0.125. The summed E-state index contributed by atoms with van der Waals surface area (Å²) in [6.45, 7) is 1.68. The molecule has 3 heterocycles. The van der Waals surface area contributed by atoms with Gasteiger partial charge in [0.1, 0.15) is 0 Å². The van der Waals surface area contributed by atoms with Gasteiger partial charge in [0.25, 0.3) is 0 Å². The van der Waals surface area contributed by atoms with Crippen LogP contribution in [-0.2, 0) is 15.0 Å². The molecule has 0 radical (unpaired) electrons. The van der Waals surface area contributed by atoms with Crippen LogP contribution in [0.3, 0.4) is 0 Å². The Bertz CT molecular complexity index is 1600. The molecule has 1 aromatic heterocycles. The standard InChI is InChI=1S/C29H26ClN3O4/c1-36-27(34)18-3-2-4-19(13-18)29(11-12-29)33-25-10-5-20(30)14-26(25)32(28(33)35)22-8-6-21(7-9-22)31-16-24-15-23(31)17-37-24/h2-10,13-14,23-24H,11-12,15-17H2,1H3. The predicted molar refractivity (Wildman–Crippen MR) is 142 cm³/mol. The van der Waals surface area contributed by atoms with Crippen LogP contribution < -0.4 is 10.6 Å². The molecule has 2 saturated heterocycles. The van der Waals surface area contributed by atoms with E-state index in [1.54, 1.807) is 10.6 Å². The van der Waals surface area contributed by atoms with Crippen molar-refractivity contribution in [2.24, 2.45) is 0 Å². The summed E-state index contributed by atoms with van der Waals surface area (Å²) in [5, 5.41) is 0.570. The zero-order chi connectivity index (χ0) is 25.3. The molecule has 4 aromatic rings. The maximum Gasteiger partial charge on any atom is 0.337 e. The smallest absolute Gasteiger partial charge is 0.337 e. The highest BCUT2D eigenvalue weighted by atomic mass is 35.5. The van der Waals surface area contributed by atoms with Gasteiger partial charge in [-0.25, -0.2) is 9.59 Å². The molecule has 3 fully saturated rings. The lowest BCUT2D eigenvalue weighted by molar-refractivity contribution is 0.0600. The molecule has 2 bridgehead atoms. The van der Waals surface area contributed by atoms with Gasteiger partial charge in [-0.05, 0) is 79.4 Å². The van der Waals surface area contributed by atoms with Crippen LogP contribution >= 0.6 is 11.6 Å². The maximum atomic E-state index is 14.1. The number of ether oxygens (including phenoxy) is 2. The molecule has 0 spiro atoms. The number of rotatable bonds is 5. The number of methoxy groups -OCH3 is 1. The number of nitrogens with zero attached hydrogens (tertiary/aromatic N) is 3. The molecular weight excluding hydrogens is 490 g/mol. The van der Waals surface area contributed by atoms with Crippen molar-refractivity contribution in [2.45, 2.75) is 36.9 Å². The molecule has 7 nitrogen and oxygen atoms in total. The fourth-order valence-electron chi connectivity index (χ4n) is 6.16. The average Bonchev–Trinajstić information content (AvgIpc) is 3.27. The van der Waals surface area contributed by atoms with E-state index in [0.29, 0.717) is 22.7 Å². The molecule has 3 aliphatic rings. The highest BCUT2D eigenvalue weighted by molar-refractivity contribution is 6.31. The second-order valence-electron chi connectivity index (χ2n) is 10.2. The predicted octanol–water partition coefficient (Wildman–Crippen LogP) is 4.75. The first-order chi connectivity index (χ1) is 18.0. The minimum atomic E-state index is -0.521. The number of carbonyl (C=O) groups is 1. The molecule has 0 amide bonds. The molecule has 188 valence electrons. The summed E-state index contributed by atoms with van der Waals surface area (Å²) in [7, 11) is 1.37. The summed E-state index contributed by atoms with van der Waals surface area (Å²) in [5.74, 6) is -0.392. The number of morpholine rings is 1. The molecule has 0 N–H and O–H groups in total. The summed E-state index contributed by atoms with van der Waals surface area (Å²) in [6, 6.07) is 21.6. The highest BCUT2D eigenvalue weighted by Crippen LogP contribution is 2.50. The quantitative estimate of drug-likeness (QED) is 0.359. The summed E-state index contributed by atoms with van der Waals surface area (Å²) in [6.07, 6.45) is 3.00. The number of halogens is 1. The van der Waals surface area contributed by atoms with E-state index < -0.39 is 11.5 Å². The third-order valence-corrected chi connectivity index (χ3v) is 8.35. The van der Waals surface area contributed by atoms with Gasteiger partial charge in [0.05, 0.1) is 53.7 Å². The molecule has 37 heavy (non-hydrogen) atoms. The van der Waals surface area contributed by atoms with E-state index in [2.05, 4.69) is 17.0 Å². The van der Waals surface area contributed by atoms with Crippen molar-refractivity contribution in [2.75, 3.05) is 25.2 Å². The van der Waals surface area contributed by atoms with Crippen LogP contribution in [0.15, 0.2) is 71.5 Å². The van der Waals surface area contributed by atoms with Crippen molar-refractivity contribution < 1.29 is 14.3 Å². The van der Waals surface area contributed by atoms with Gasteiger partial charge < -0.3 is 14.4 Å². The van der Waals surface area contributed by atoms with Crippen LogP contribution in [-0.4, -0.2) is 47.5 Å². The monoisotopic (exact) mass is 515 g/mol. The van der Waals surface area contributed by atoms with E-state index >= 15 is 0 Å². The number of benzene rings is 3. The Morgan fingerprint density at radius 2 is 1.81 bits per heavy atom. The summed E-state index contributed by atoms with van der Waals surface area (Å²) < 4.78 is 14.3. The second-order valence-corrected chi connectivity index (χ2v) is 10.6. The van der Waals surface area contributed by atoms with Crippen LogP contribution in [0.4, 0.5) is 5.69 Å². The third kappa shape index (κ3) is 3.45. The van der Waals surface area contributed by atoms with Gasteiger partial charge >= 0.3 is 11.7 Å². The van der Waals surface area contributed by atoms with Gasteiger partial charge in [-0.2, -0.15) is 0 Å². The Balaban J connectivity index is 1.35. The van der Waals surface area contributed by atoms with E-state index in [1.165, 1.54) is 7.11 Å². The average molecular weight is 516 g/mol. The largest absolute Gasteiger partial charge is 0.465 e. The number of fused-ring (bicyclic) bond motifs is 3. The van der Waals surface area contributed by atoms with Crippen molar-refractivity contribution in [3.05, 3.63) is 93.4 Å². The fourth-order valence-corrected chi connectivity index (χ4v) is 6.32.